The number of carbonyl (C=O) groups is 1. The number of nitrogens with zero attached hydrogens (tertiary/aromatic N) is 20. The third kappa shape index (κ3) is 10.3. The molecule has 8 aromatic rings. The van der Waals surface area contributed by atoms with E-state index in [1.165, 1.54) is 22.0 Å². The van der Waals surface area contributed by atoms with Crippen molar-refractivity contribution < 1.29 is 35.4 Å². The lowest BCUT2D eigenvalue weighted by Crippen LogP contribution is -2.42. The van der Waals surface area contributed by atoms with Gasteiger partial charge in [-0.25, -0.2) is 24.7 Å². The van der Waals surface area contributed by atoms with Gasteiger partial charge in [0, 0.05) is 89.7 Å². The lowest BCUT2D eigenvalue weighted by atomic mass is 10.2. The van der Waals surface area contributed by atoms with Gasteiger partial charge in [-0.3, -0.25) is 0 Å². The second-order valence-corrected chi connectivity index (χ2v) is 21.0. The van der Waals surface area contributed by atoms with Gasteiger partial charge < -0.3 is 80.0 Å². The summed E-state index contributed by atoms with van der Waals surface area (Å²) in [4.78, 5) is 58.7. The topological polar surface area (TPSA) is 377 Å². The van der Waals surface area contributed by atoms with Crippen molar-refractivity contribution in [2.75, 3.05) is 60.5 Å². The highest BCUT2D eigenvalue weighted by Gasteiger charge is 2.47. The molecule has 0 bridgehead atoms. The molecule has 2 saturated carbocycles. The van der Waals surface area contributed by atoms with Crippen LogP contribution in [0.15, 0.2) is 50.1 Å². The van der Waals surface area contributed by atoms with Gasteiger partial charge in [0.2, 0.25) is 11.9 Å². The maximum atomic E-state index is 14.3. The Morgan fingerprint density at radius 3 is 1.41 bits per heavy atom. The van der Waals surface area contributed by atoms with E-state index in [2.05, 4.69) is 65.5 Å². The summed E-state index contributed by atoms with van der Waals surface area (Å²) in [7, 11) is 0. The summed E-state index contributed by atoms with van der Waals surface area (Å²) in [5.74, 6) is 1.55. The van der Waals surface area contributed by atoms with Crippen LogP contribution in [0.3, 0.4) is 0 Å². The first-order valence-corrected chi connectivity index (χ1v) is 27.3. The van der Waals surface area contributed by atoms with Gasteiger partial charge >= 0.3 is 6.03 Å². The largest absolute Gasteiger partial charge is 0.390 e. The zero-order valence-electron chi connectivity index (χ0n) is 44.2. The van der Waals surface area contributed by atoms with E-state index in [1.54, 1.807) is 34.4 Å². The fourth-order valence-electron chi connectivity index (χ4n) is 11.5. The van der Waals surface area contributed by atoms with Crippen LogP contribution in [-0.2, 0) is 39.1 Å². The SMILES string of the molecule is CCn1cnc(CCNc2nc(NC3CCN(C(=O)N4CC[C@@H](Nc5nc(NCCc6cn(CC)cn6)nc6c5ncn6[C@@H]5C[C@H](n6ncc(CO)n6)[C@@H](O)[C@H]5O)C4)C3)c3ncn([C@@H]4C[C@H](n5ncc(CO)n5)[C@@H](O)[C@H]4O)c3n2)c1. The number of aryl methyl sites for hydroxylation is 2. The van der Waals surface area contributed by atoms with Gasteiger partial charge in [-0.1, -0.05) is 0 Å². The number of fused-ring (bicyclic) bond motifs is 2. The smallest absolute Gasteiger partial charge is 0.320 e. The van der Waals surface area contributed by atoms with Crippen LogP contribution in [0.2, 0.25) is 0 Å². The molecule has 4 fully saturated rings. The number of aliphatic hydroxyl groups excluding tert-OH is 6. The maximum absolute atomic E-state index is 14.3. The van der Waals surface area contributed by atoms with E-state index < -0.39 is 48.6 Å². The van der Waals surface area contributed by atoms with Crippen LogP contribution in [0.1, 0.15) is 86.5 Å². The Hall–Kier alpha value is -7.97. The lowest BCUT2D eigenvalue weighted by molar-refractivity contribution is 0.00491. The van der Waals surface area contributed by atoms with Crippen molar-refractivity contribution in [2.45, 2.75) is 139 Å². The zero-order valence-corrected chi connectivity index (χ0v) is 44.2. The summed E-state index contributed by atoms with van der Waals surface area (Å²) in [6.45, 7) is 7.83. The Labute approximate surface area is 456 Å². The summed E-state index contributed by atoms with van der Waals surface area (Å²) in [5, 5.41) is 95.4. The summed E-state index contributed by atoms with van der Waals surface area (Å²) in [6.07, 6.45) is 11.8. The molecule has 2 amide bonds. The van der Waals surface area contributed by atoms with Crippen LogP contribution in [-0.4, -0.2) is 210 Å². The van der Waals surface area contributed by atoms with E-state index in [9.17, 15) is 35.4 Å². The number of hydrogen-bond acceptors (Lipinski definition) is 23. The minimum atomic E-state index is -1.21. The fraction of sp³-hybridized carbons (Fsp3) is 0.571. The molecule has 0 aromatic carbocycles. The number of anilines is 4. The number of carbonyl (C=O) groups excluding carboxylic acids is 1. The van der Waals surface area contributed by atoms with Gasteiger partial charge in [0.05, 0.1) is 74.4 Å². The summed E-state index contributed by atoms with van der Waals surface area (Å²) in [6, 6.07) is -3.13. The van der Waals surface area contributed by atoms with E-state index in [4.69, 9.17) is 29.9 Å². The molecule has 31 heteroatoms. The number of rotatable bonds is 20. The molecule has 0 spiro atoms. The minimum absolute atomic E-state index is 0.101. The molecule has 0 radical (unpaired) electrons. The first-order valence-electron chi connectivity index (χ1n) is 27.3. The Morgan fingerprint density at radius 2 is 1.01 bits per heavy atom. The van der Waals surface area contributed by atoms with Crippen molar-refractivity contribution in [1.82, 2.24) is 97.9 Å². The molecule has 424 valence electrons. The molecule has 10 N–H and O–H groups in total. The number of urea groups is 1. The normalized spacial score (nSPS) is 25.0. The quantitative estimate of drug-likeness (QED) is 0.0459. The first kappa shape index (κ1) is 52.7. The molecule has 31 nitrogen and oxygen atoms in total. The highest BCUT2D eigenvalue weighted by atomic mass is 16.3. The third-order valence-electron chi connectivity index (χ3n) is 15.9. The van der Waals surface area contributed by atoms with Crippen LogP contribution >= 0.6 is 0 Å². The highest BCUT2D eigenvalue weighted by molar-refractivity contribution is 5.86. The van der Waals surface area contributed by atoms with Crippen LogP contribution in [0.4, 0.5) is 28.3 Å². The monoisotopic (exact) mass is 1100 g/mol. The van der Waals surface area contributed by atoms with Crippen molar-refractivity contribution in [3.05, 3.63) is 72.9 Å². The number of hydrogen-bond donors (Lipinski definition) is 10. The molecule has 8 aromatic heterocycles. The third-order valence-corrected chi connectivity index (χ3v) is 15.9. The number of imidazole rings is 4. The van der Waals surface area contributed by atoms with Crippen LogP contribution in [0.5, 0.6) is 0 Å². The highest BCUT2D eigenvalue weighted by Crippen LogP contribution is 2.41. The average molecular weight is 1100 g/mol. The molecule has 10 atom stereocenters. The number of nitrogens with one attached hydrogen (secondary N) is 4. The molecule has 2 aliphatic heterocycles. The van der Waals surface area contributed by atoms with Crippen LogP contribution in [0.25, 0.3) is 22.3 Å². The predicted molar refractivity (Wildman–Crippen MR) is 285 cm³/mol. The average Bonchev–Trinajstić information content (AvgIpc) is 4.34. The van der Waals surface area contributed by atoms with Gasteiger partial charge in [-0.05, 0) is 39.5 Å². The number of likely N-dealkylation sites (tertiary alicyclic amines) is 2. The van der Waals surface area contributed by atoms with E-state index in [0.717, 1.165) is 24.5 Å². The second kappa shape index (κ2) is 22.3. The van der Waals surface area contributed by atoms with Crippen molar-refractivity contribution in [2.24, 2.45) is 0 Å². The Kier molecular flexibility index (Phi) is 14.7. The minimum Gasteiger partial charge on any atom is -0.390 e. The molecule has 80 heavy (non-hydrogen) atoms. The Morgan fingerprint density at radius 1 is 0.575 bits per heavy atom. The number of amides is 2. The van der Waals surface area contributed by atoms with Crippen molar-refractivity contribution in [3.63, 3.8) is 0 Å². The van der Waals surface area contributed by atoms with Gasteiger partial charge in [-0.15, -0.1) is 0 Å². The molecule has 1 unspecified atom stereocenters. The summed E-state index contributed by atoms with van der Waals surface area (Å²) in [5.41, 5.74) is 4.30. The van der Waals surface area contributed by atoms with Gasteiger partial charge in [0.25, 0.3) is 0 Å². The van der Waals surface area contributed by atoms with Crippen molar-refractivity contribution >= 4 is 51.9 Å². The molecule has 2 saturated heterocycles. The van der Waals surface area contributed by atoms with Crippen molar-refractivity contribution in [1.29, 1.82) is 0 Å². The first-order chi connectivity index (χ1) is 38.9. The predicted octanol–water partition coefficient (Wildman–Crippen LogP) is -0.516. The standard InChI is InChI=1S/C49H66N24O7/c1-3-66-17-27(52-23-66)5-9-50-47-60-43(37-45(62-47)70(25-54-37)33-13-35(41(78)39(33)76)72-56-15-31(21-74)64-72)58-29-7-11-68(19-29)49(80)69-12-8-30(20-69)59-44-38-46(63-48(61-44)51-10-6-28-18-67(4-2)24-53-28)71(26-55-38)34-14-36(42(79)40(34)77)73-57-16-32(22-75)65-73/h15-18,23-26,29-30,33-36,39-42,74-79H,3-14,19-22H2,1-2H3,(H2,50,58,60,62)(H2,51,59,61,63)/t29-,30?,33-,34-,35+,36+,39+,40+,41-,42-/m1/s1. The van der Waals surface area contributed by atoms with Gasteiger partial charge in [-0.2, -0.15) is 49.9 Å². The van der Waals surface area contributed by atoms with Crippen LogP contribution in [0, 0.1) is 0 Å². The van der Waals surface area contributed by atoms with E-state index in [-0.39, 0.29) is 44.2 Å². The molecule has 2 aliphatic carbocycles. The molecular formula is C49H66N24O7. The van der Waals surface area contributed by atoms with E-state index in [0.29, 0.717) is 122 Å². The Balaban J connectivity index is 0.739. The zero-order chi connectivity index (χ0) is 55.2. The van der Waals surface area contributed by atoms with Gasteiger partial charge in [0.15, 0.2) is 34.0 Å². The summed E-state index contributed by atoms with van der Waals surface area (Å²) < 4.78 is 7.51. The fourth-order valence-corrected chi connectivity index (χ4v) is 11.5. The van der Waals surface area contributed by atoms with Crippen LogP contribution < -0.4 is 21.3 Å². The second-order valence-electron chi connectivity index (χ2n) is 21.0. The Bertz CT molecular complexity index is 3220. The maximum Gasteiger partial charge on any atom is 0.320 e. The molecular weight excluding hydrogens is 1040 g/mol. The number of aliphatic hydroxyl groups is 6. The molecule has 4 aliphatic rings. The molecule has 10 heterocycles. The summed E-state index contributed by atoms with van der Waals surface area (Å²) >= 11 is 0. The van der Waals surface area contributed by atoms with E-state index >= 15 is 0 Å². The molecule has 12 rings (SSSR count). The van der Waals surface area contributed by atoms with Crippen molar-refractivity contribution in [3.8, 4) is 0 Å². The lowest BCUT2D eigenvalue weighted by Gasteiger charge is -2.25. The van der Waals surface area contributed by atoms with Gasteiger partial charge in [0.1, 0.15) is 47.9 Å². The van der Waals surface area contributed by atoms with E-state index in [1.807, 2.05) is 31.3 Å². The number of aromatic nitrogens is 18.